The zero-order chi connectivity index (χ0) is 18.3. The third-order valence-electron chi connectivity index (χ3n) is 3.69. The molecule has 2 N–H and O–H groups in total. The first-order chi connectivity index (χ1) is 11.2. The minimum absolute atomic E-state index is 0.0176. The average Bonchev–Trinajstić information content (AvgIpc) is 2.51. The van der Waals surface area contributed by atoms with Crippen LogP contribution in [0.25, 0.3) is 0 Å². The summed E-state index contributed by atoms with van der Waals surface area (Å²) in [5, 5.41) is 5.82. The van der Waals surface area contributed by atoms with Crippen molar-refractivity contribution in [2.75, 3.05) is 13.2 Å². The Bertz CT molecular complexity index is 556. The van der Waals surface area contributed by atoms with Crippen LogP contribution in [0.5, 0.6) is 0 Å². The van der Waals surface area contributed by atoms with Crippen LogP contribution in [0.4, 0.5) is 4.39 Å². The molecule has 0 bridgehead atoms. The zero-order valence-electron chi connectivity index (χ0n) is 15.0. The summed E-state index contributed by atoms with van der Waals surface area (Å²) >= 11 is 0. The van der Waals surface area contributed by atoms with Gasteiger partial charge in [0, 0.05) is 0 Å². The first kappa shape index (κ1) is 20.1. The fraction of sp³-hybridized carbons (Fsp3) is 0.556. The van der Waals surface area contributed by atoms with Gasteiger partial charge < -0.3 is 10.1 Å². The molecule has 24 heavy (non-hydrogen) atoms. The van der Waals surface area contributed by atoms with Gasteiger partial charge in [-0.05, 0) is 44.4 Å². The van der Waals surface area contributed by atoms with Gasteiger partial charge in [0.2, 0.25) is 5.91 Å². The van der Waals surface area contributed by atoms with E-state index in [-0.39, 0.29) is 36.8 Å². The van der Waals surface area contributed by atoms with Crippen molar-refractivity contribution in [1.82, 2.24) is 10.6 Å². The van der Waals surface area contributed by atoms with Crippen LogP contribution in [0.3, 0.4) is 0 Å². The van der Waals surface area contributed by atoms with Gasteiger partial charge in [-0.3, -0.25) is 14.9 Å². The second-order valence-electron chi connectivity index (χ2n) is 6.54. The molecule has 1 amide bonds. The summed E-state index contributed by atoms with van der Waals surface area (Å²) in [6.07, 6.45) is 0. The Morgan fingerprint density at radius 3 is 2.29 bits per heavy atom. The predicted octanol–water partition coefficient (Wildman–Crippen LogP) is 2.57. The molecule has 1 atom stereocenters. The molecule has 0 heterocycles. The largest absolute Gasteiger partial charge is 0.465 e. The van der Waals surface area contributed by atoms with Gasteiger partial charge in [-0.15, -0.1) is 0 Å². The molecule has 0 spiro atoms. The van der Waals surface area contributed by atoms with Gasteiger partial charge in [0.1, 0.15) is 11.4 Å². The Morgan fingerprint density at radius 1 is 1.21 bits per heavy atom. The lowest BCUT2D eigenvalue weighted by atomic mass is 9.96. The van der Waals surface area contributed by atoms with Crippen LogP contribution in [0.1, 0.15) is 46.2 Å². The lowest BCUT2D eigenvalue weighted by Crippen LogP contribution is -2.51. The second kappa shape index (κ2) is 8.78. The van der Waals surface area contributed by atoms with E-state index in [1.807, 2.05) is 13.8 Å². The van der Waals surface area contributed by atoms with E-state index < -0.39 is 11.5 Å². The summed E-state index contributed by atoms with van der Waals surface area (Å²) in [5.41, 5.74) is -0.110. The van der Waals surface area contributed by atoms with Crippen LogP contribution in [0.2, 0.25) is 0 Å². The van der Waals surface area contributed by atoms with Crippen molar-refractivity contribution in [1.29, 1.82) is 0 Å². The maximum absolute atomic E-state index is 13.1. The first-order valence-corrected chi connectivity index (χ1v) is 8.14. The van der Waals surface area contributed by atoms with Gasteiger partial charge in [-0.2, -0.15) is 0 Å². The van der Waals surface area contributed by atoms with Crippen LogP contribution < -0.4 is 10.6 Å². The number of amides is 1. The van der Waals surface area contributed by atoms with Gasteiger partial charge in [0.15, 0.2) is 0 Å². The molecule has 0 saturated carbocycles. The van der Waals surface area contributed by atoms with E-state index in [1.54, 1.807) is 32.9 Å². The third kappa shape index (κ3) is 5.92. The minimum atomic E-state index is -0.948. The van der Waals surface area contributed by atoms with E-state index in [1.165, 1.54) is 12.1 Å². The molecule has 1 aromatic rings. The molecule has 0 aliphatic heterocycles. The van der Waals surface area contributed by atoms with Crippen molar-refractivity contribution in [3.8, 4) is 0 Å². The molecule has 0 fully saturated rings. The molecule has 5 nitrogen and oxygen atoms in total. The van der Waals surface area contributed by atoms with Gasteiger partial charge in [-0.1, -0.05) is 26.0 Å². The number of hydrogen-bond acceptors (Lipinski definition) is 4. The summed E-state index contributed by atoms with van der Waals surface area (Å²) in [6.45, 7) is 9.29. The van der Waals surface area contributed by atoms with Gasteiger partial charge in [-0.25, -0.2) is 4.39 Å². The lowest BCUT2D eigenvalue weighted by molar-refractivity contribution is -0.149. The Morgan fingerprint density at radius 2 is 1.79 bits per heavy atom. The molecule has 0 radical (unpaired) electrons. The summed E-state index contributed by atoms with van der Waals surface area (Å²) < 4.78 is 18.0. The van der Waals surface area contributed by atoms with Crippen molar-refractivity contribution in [2.45, 2.75) is 46.2 Å². The van der Waals surface area contributed by atoms with Crippen molar-refractivity contribution in [3.05, 3.63) is 35.6 Å². The molecule has 134 valence electrons. The number of carbonyl (C=O) groups excluding carboxylic acids is 2. The van der Waals surface area contributed by atoms with E-state index in [0.29, 0.717) is 0 Å². The minimum Gasteiger partial charge on any atom is -0.465 e. The van der Waals surface area contributed by atoms with Gasteiger partial charge >= 0.3 is 5.97 Å². The molecule has 0 aliphatic rings. The normalized spacial score (nSPS) is 12.8. The first-order valence-electron chi connectivity index (χ1n) is 8.14. The van der Waals surface area contributed by atoms with Crippen LogP contribution in [0, 0.1) is 11.7 Å². The van der Waals surface area contributed by atoms with E-state index in [9.17, 15) is 14.0 Å². The summed E-state index contributed by atoms with van der Waals surface area (Å²) in [4.78, 5) is 24.0. The maximum atomic E-state index is 13.1. The third-order valence-corrected chi connectivity index (χ3v) is 3.69. The van der Waals surface area contributed by atoms with Crippen LogP contribution in [-0.4, -0.2) is 30.6 Å². The van der Waals surface area contributed by atoms with Crippen molar-refractivity contribution in [3.63, 3.8) is 0 Å². The zero-order valence-corrected chi connectivity index (χ0v) is 15.0. The molecule has 0 aliphatic carbocycles. The number of hydrogen-bond donors (Lipinski definition) is 2. The highest BCUT2D eigenvalue weighted by atomic mass is 19.1. The Hall–Kier alpha value is -1.95. The molecular formula is C18H27FN2O3. The topological polar surface area (TPSA) is 67.4 Å². The number of nitrogens with one attached hydrogen (secondary N) is 2. The fourth-order valence-corrected chi connectivity index (χ4v) is 2.21. The molecular weight excluding hydrogens is 311 g/mol. The Balaban J connectivity index is 2.66. The fourth-order valence-electron chi connectivity index (χ4n) is 2.21. The standard InChI is InChI=1S/C18H27FN2O3/c1-6-24-17(23)18(4,5)20-11-15(22)21-16(12(2)3)13-7-9-14(19)10-8-13/h7-10,12,16,20H,6,11H2,1-5H3,(H,21,22). The maximum Gasteiger partial charge on any atom is 0.325 e. The highest BCUT2D eigenvalue weighted by Gasteiger charge is 2.29. The highest BCUT2D eigenvalue weighted by molar-refractivity contribution is 5.82. The van der Waals surface area contributed by atoms with E-state index in [2.05, 4.69) is 10.6 Å². The van der Waals surface area contributed by atoms with Crippen LogP contribution >= 0.6 is 0 Å². The monoisotopic (exact) mass is 338 g/mol. The van der Waals surface area contributed by atoms with E-state index >= 15 is 0 Å². The van der Waals surface area contributed by atoms with Gasteiger partial charge in [0.05, 0.1) is 19.2 Å². The smallest absolute Gasteiger partial charge is 0.325 e. The second-order valence-corrected chi connectivity index (χ2v) is 6.54. The van der Waals surface area contributed by atoms with Crippen LogP contribution in [0.15, 0.2) is 24.3 Å². The van der Waals surface area contributed by atoms with Crippen LogP contribution in [-0.2, 0) is 14.3 Å². The summed E-state index contributed by atoms with van der Waals surface area (Å²) in [7, 11) is 0. The Kier molecular flexibility index (Phi) is 7.35. The van der Waals surface area contributed by atoms with Crippen molar-refractivity contribution >= 4 is 11.9 Å². The predicted molar refractivity (Wildman–Crippen MR) is 90.8 cm³/mol. The van der Waals surface area contributed by atoms with Crippen molar-refractivity contribution < 1.29 is 18.7 Å². The quantitative estimate of drug-likeness (QED) is 0.715. The number of benzene rings is 1. The average molecular weight is 338 g/mol. The lowest BCUT2D eigenvalue weighted by Gasteiger charge is -2.26. The van der Waals surface area contributed by atoms with E-state index in [0.717, 1.165) is 5.56 Å². The molecule has 0 saturated heterocycles. The SMILES string of the molecule is CCOC(=O)C(C)(C)NCC(=O)NC(c1ccc(F)cc1)C(C)C. The molecule has 1 rings (SSSR count). The molecule has 1 aromatic carbocycles. The summed E-state index contributed by atoms with van der Waals surface area (Å²) in [6, 6.07) is 5.84. The van der Waals surface area contributed by atoms with Crippen molar-refractivity contribution in [2.24, 2.45) is 5.92 Å². The number of carbonyl (C=O) groups is 2. The molecule has 1 unspecified atom stereocenters. The Labute approximate surface area is 143 Å². The number of halogens is 1. The number of rotatable bonds is 8. The van der Waals surface area contributed by atoms with E-state index in [4.69, 9.17) is 4.74 Å². The van der Waals surface area contributed by atoms with Gasteiger partial charge in [0.25, 0.3) is 0 Å². The molecule has 6 heteroatoms. The molecule has 0 aromatic heterocycles. The number of ether oxygens (including phenoxy) is 1. The highest BCUT2D eigenvalue weighted by Crippen LogP contribution is 2.21. The summed E-state index contributed by atoms with van der Waals surface area (Å²) in [5.74, 6) is -0.824. The number of esters is 1.